The number of hydrogen-bond acceptors (Lipinski definition) is 5. The van der Waals surface area contributed by atoms with Crippen molar-refractivity contribution in [1.29, 1.82) is 5.26 Å². The molecule has 5 nitrogen and oxygen atoms in total. The van der Waals surface area contributed by atoms with Crippen molar-refractivity contribution >= 4 is 30.5 Å². The topological polar surface area (TPSA) is 59.7 Å². The Balaban J connectivity index is 0.00000272. The van der Waals surface area contributed by atoms with Crippen molar-refractivity contribution in [3.63, 3.8) is 0 Å². The number of hydrogen-bond donors (Lipinski definition) is 1. The molecule has 0 spiro atoms. The van der Waals surface area contributed by atoms with Gasteiger partial charge < -0.3 is 19.6 Å². The number of anilines is 1. The van der Waals surface area contributed by atoms with Crippen LogP contribution in [-0.2, 0) is 6.42 Å². The fourth-order valence-corrected chi connectivity index (χ4v) is 4.08. The Hall–Kier alpha value is -1.97. The molecule has 1 aliphatic heterocycles. The number of benzene rings is 2. The molecule has 3 rings (SSSR count). The number of nitriles is 1. The van der Waals surface area contributed by atoms with Crippen LogP contribution < -0.4 is 9.64 Å². The summed E-state index contributed by atoms with van der Waals surface area (Å²) in [6, 6.07) is 18.2. The maximum Gasteiger partial charge on any atom is 0.119 e. The lowest BCUT2D eigenvalue weighted by molar-refractivity contribution is -0.0254. The van der Waals surface area contributed by atoms with Gasteiger partial charge in [-0.25, -0.2) is 0 Å². The molecule has 1 fully saturated rings. The molecule has 2 aromatic carbocycles. The molecule has 7 heteroatoms. The Labute approximate surface area is 211 Å². The van der Waals surface area contributed by atoms with E-state index in [0.717, 1.165) is 68.9 Å². The van der Waals surface area contributed by atoms with E-state index in [1.165, 1.54) is 5.56 Å². The van der Waals surface area contributed by atoms with Crippen molar-refractivity contribution in [2.45, 2.75) is 51.2 Å². The molecule has 2 aromatic rings. The van der Waals surface area contributed by atoms with Gasteiger partial charge in [-0.3, -0.25) is 0 Å². The number of aliphatic hydroxyl groups is 1. The summed E-state index contributed by atoms with van der Waals surface area (Å²) in [7, 11) is 2.08. The number of likely N-dealkylation sites (tertiary alicyclic amines) is 1. The molecule has 0 radical (unpaired) electrons. The van der Waals surface area contributed by atoms with E-state index < -0.39 is 5.60 Å². The first-order valence-electron chi connectivity index (χ1n) is 11.3. The maximum atomic E-state index is 11.1. The highest BCUT2D eigenvalue weighted by atomic mass is 35.5. The van der Waals surface area contributed by atoms with Crippen molar-refractivity contribution in [3.8, 4) is 11.8 Å². The highest BCUT2D eigenvalue weighted by Gasteiger charge is 2.32. The quantitative estimate of drug-likeness (QED) is 0.527. The van der Waals surface area contributed by atoms with E-state index >= 15 is 0 Å². The Morgan fingerprint density at radius 2 is 1.79 bits per heavy atom. The molecular formula is C26H37Cl2N3O2. The number of ether oxygens (including phenoxy) is 1. The Bertz CT molecular complexity index is 876. The minimum Gasteiger partial charge on any atom is -0.491 e. The van der Waals surface area contributed by atoms with Crippen LogP contribution in [0.5, 0.6) is 5.75 Å². The van der Waals surface area contributed by atoms with Gasteiger partial charge in [0.15, 0.2) is 0 Å². The predicted molar refractivity (Wildman–Crippen MR) is 140 cm³/mol. The number of halogens is 2. The minimum atomic E-state index is -0.591. The SMILES string of the molecule is CC(C)Oc1ccc(N(C)CCC2(O)CCN(CCc3cccc(C#N)c3)CC2)cc1.Cl.Cl. The lowest BCUT2D eigenvalue weighted by Gasteiger charge is -2.39. The highest BCUT2D eigenvalue weighted by molar-refractivity contribution is 5.85. The molecule has 0 unspecified atom stereocenters. The average Bonchev–Trinajstić information content (AvgIpc) is 2.77. The maximum absolute atomic E-state index is 11.1. The second-order valence-corrected chi connectivity index (χ2v) is 8.96. The first kappa shape index (κ1) is 29.1. The third-order valence-corrected chi connectivity index (χ3v) is 6.12. The van der Waals surface area contributed by atoms with Crippen LogP contribution in [0.15, 0.2) is 48.5 Å². The summed E-state index contributed by atoms with van der Waals surface area (Å²) in [5, 5.41) is 20.1. The van der Waals surface area contributed by atoms with Crippen LogP contribution in [0.3, 0.4) is 0 Å². The lowest BCUT2D eigenvalue weighted by atomic mass is 9.88. The van der Waals surface area contributed by atoms with Gasteiger partial charge in [0, 0.05) is 38.9 Å². The van der Waals surface area contributed by atoms with Crippen LogP contribution in [0.2, 0.25) is 0 Å². The van der Waals surface area contributed by atoms with Gasteiger partial charge in [-0.05, 0) is 81.5 Å². The summed E-state index contributed by atoms with van der Waals surface area (Å²) < 4.78 is 5.71. The molecule has 0 aromatic heterocycles. The molecule has 0 bridgehead atoms. The molecule has 182 valence electrons. The van der Waals surface area contributed by atoms with Crippen LogP contribution in [0.1, 0.15) is 44.2 Å². The third-order valence-electron chi connectivity index (χ3n) is 6.12. The van der Waals surface area contributed by atoms with E-state index in [-0.39, 0.29) is 30.9 Å². The van der Waals surface area contributed by atoms with E-state index in [4.69, 9.17) is 10.00 Å². The zero-order chi connectivity index (χ0) is 22.3. The van der Waals surface area contributed by atoms with Gasteiger partial charge >= 0.3 is 0 Å². The smallest absolute Gasteiger partial charge is 0.119 e. The zero-order valence-electron chi connectivity index (χ0n) is 19.9. The van der Waals surface area contributed by atoms with E-state index in [2.05, 4.69) is 41.1 Å². The molecule has 33 heavy (non-hydrogen) atoms. The molecule has 1 heterocycles. The largest absolute Gasteiger partial charge is 0.491 e. The molecule has 0 saturated carbocycles. The van der Waals surface area contributed by atoms with Crippen molar-refractivity contribution in [3.05, 3.63) is 59.7 Å². The van der Waals surface area contributed by atoms with Crippen molar-refractivity contribution in [2.75, 3.05) is 38.1 Å². The Kier molecular flexibility index (Phi) is 12.0. The Morgan fingerprint density at radius 1 is 1.12 bits per heavy atom. The normalized spacial score (nSPS) is 15.2. The van der Waals surface area contributed by atoms with Crippen molar-refractivity contribution in [1.82, 2.24) is 4.90 Å². The number of nitrogens with zero attached hydrogens (tertiary/aromatic N) is 3. The van der Waals surface area contributed by atoms with E-state index in [0.29, 0.717) is 0 Å². The summed E-state index contributed by atoms with van der Waals surface area (Å²) >= 11 is 0. The molecule has 0 aliphatic carbocycles. The van der Waals surface area contributed by atoms with Gasteiger partial charge in [-0.15, -0.1) is 24.8 Å². The lowest BCUT2D eigenvalue weighted by Crippen LogP contribution is -2.46. The summed E-state index contributed by atoms with van der Waals surface area (Å²) in [6.07, 6.45) is 3.49. The van der Waals surface area contributed by atoms with Crippen molar-refractivity contribution < 1.29 is 9.84 Å². The second-order valence-electron chi connectivity index (χ2n) is 8.96. The van der Waals surface area contributed by atoms with Gasteiger partial charge in [0.25, 0.3) is 0 Å². The van der Waals surface area contributed by atoms with Gasteiger partial charge in [-0.2, -0.15) is 5.26 Å². The van der Waals surface area contributed by atoms with Gasteiger partial charge in [0.1, 0.15) is 5.75 Å². The minimum absolute atomic E-state index is 0. The van der Waals surface area contributed by atoms with E-state index in [1.807, 2.05) is 44.2 Å². The van der Waals surface area contributed by atoms with Gasteiger partial charge in [0.05, 0.1) is 23.3 Å². The summed E-state index contributed by atoms with van der Waals surface area (Å²) in [6.45, 7) is 7.67. The van der Waals surface area contributed by atoms with Gasteiger partial charge in [0.2, 0.25) is 0 Å². The first-order valence-corrected chi connectivity index (χ1v) is 11.3. The molecule has 0 atom stereocenters. The van der Waals surface area contributed by atoms with Crippen LogP contribution in [0, 0.1) is 11.3 Å². The first-order chi connectivity index (χ1) is 14.9. The van der Waals surface area contributed by atoms with E-state index in [9.17, 15) is 5.11 Å². The Morgan fingerprint density at radius 3 is 2.39 bits per heavy atom. The predicted octanol–water partition coefficient (Wildman–Crippen LogP) is 5.08. The zero-order valence-corrected chi connectivity index (χ0v) is 21.5. The van der Waals surface area contributed by atoms with Crippen LogP contribution in [0.4, 0.5) is 5.69 Å². The van der Waals surface area contributed by atoms with Crippen LogP contribution in [-0.4, -0.2) is 54.9 Å². The number of piperidine rings is 1. The highest BCUT2D eigenvalue weighted by Crippen LogP contribution is 2.27. The summed E-state index contributed by atoms with van der Waals surface area (Å²) in [4.78, 5) is 4.62. The molecular weight excluding hydrogens is 457 g/mol. The molecule has 1 saturated heterocycles. The fourth-order valence-electron chi connectivity index (χ4n) is 4.08. The average molecular weight is 495 g/mol. The number of rotatable bonds is 9. The monoisotopic (exact) mass is 493 g/mol. The molecule has 1 aliphatic rings. The third kappa shape index (κ3) is 9.06. The second kappa shape index (κ2) is 13.7. The fraction of sp³-hybridized carbons (Fsp3) is 0.500. The van der Waals surface area contributed by atoms with Crippen LogP contribution in [0.25, 0.3) is 0 Å². The van der Waals surface area contributed by atoms with Crippen molar-refractivity contribution in [2.24, 2.45) is 0 Å². The molecule has 1 N–H and O–H groups in total. The van der Waals surface area contributed by atoms with Crippen LogP contribution >= 0.6 is 24.8 Å². The summed E-state index contributed by atoms with van der Waals surface area (Å²) in [5.74, 6) is 0.887. The van der Waals surface area contributed by atoms with E-state index in [1.54, 1.807) is 0 Å². The standard InChI is InChI=1S/C26H35N3O2.2ClH/c1-21(2)31-25-9-7-24(8-10-25)28(3)16-12-26(30)13-17-29(18-14-26)15-11-22-5-4-6-23(19-22)20-27;;/h4-10,19,21,30H,11-18H2,1-3H3;2*1H. The molecule has 0 amide bonds. The van der Waals surface area contributed by atoms with Gasteiger partial charge in [-0.1, -0.05) is 12.1 Å². The summed E-state index contributed by atoms with van der Waals surface area (Å²) in [5.41, 5.74) is 2.46.